The van der Waals surface area contributed by atoms with Crippen molar-refractivity contribution in [1.29, 1.82) is 0 Å². The molecule has 1 aliphatic heterocycles. The largest absolute Gasteiger partial charge is 0.380 e. The lowest BCUT2D eigenvalue weighted by molar-refractivity contribution is 0.447. The third-order valence-electron chi connectivity index (χ3n) is 2.97. The van der Waals surface area contributed by atoms with E-state index in [-0.39, 0.29) is 11.7 Å². The number of benzene rings is 1. The number of rotatable bonds is 2. The number of hydrogen-bond donors (Lipinski definition) is 2. The monoisotopic (exact) mass is 244 g/mol. The molecule has 1 unspecified atom stereocenters. The Morgan fingerprint density at radius 3 is 2.71 bits per heavy atom. The second kappa shape index (κ2) is 5.40. The van der Waals surface area contributed by atoms with E-state index in [9.17, 15) is 13.2 Å². The highest BCUT2D eigenvalue weighted by Gasteiger charge is 2.17. The fourth-order valence-corrected chi connectivity index (χ4v) is 2.02. The zero-order valence-electron chi connectivity index (χ0n) is 9.40. The van der Waals surface area contributed by atoms with Crippen LogP contribution < -0.4 is 10.6 Å². The normalized spacial score (nSPS) is 21.0. The van der Waals surface area contributed by atoms with Gasteiger partial charge in [-0.2, -0.15) is 0 Å². The Hall–Kier alpha value is -1.23. The van der Waals surface area contributed by atoms with Crippen molar-refractivity contribution in [1.82, 2.24) is 5.32 Å². The fraction of sp³-hybridized carbons (Fsp3) is 0.500. The van der Waals surface area contributed by atoms with Gasteiger partial charge in [-0.15, -0.1) is 0 Å². The van der Waals surface area contributed by atoms with E-state index in [1.165, 1.54) is 6.07 Å². The first-order valence-electron chi connectivity index (χ1n) is 5.79. The lowest BCUT2D eigenvalue weighted by atomic mass is 10.1. The maximum atomic E-state index is 13.4. The second-order valence-electron chi connectivity index (χ2n) is 4.25. The van der Waals surface area contributed by atoms with Gasteiger partial charge in [0, 0.05) is 6.04 Å². The quantitative estimate of drug-likeness (QED) is 0.781. The molecule has 1 fully saturated rings. The molecule has 2 N–H and O–H groups in total. The van der Waals surface area contributed by atoms with Gasteiger partial charge in [0.25, 0.3) is 0 Å². The number of hydrogen-bond acceptors (Lipinski definition) is 2. The molecule has 1 atom stereocenters. The molecule has 1 aromatic rings. The van der Waals surface area contributed by atoms with Crippen molar-refractivity contribution in [2.45, 2.75) is 25.3 Å². The van der Waals surface area contributed by atoms with Gasteiger partial charge in [-0.3, -0.25) is 0 Å². The first-order valence-corrected chi connectivity index (χ1v) is 5.79. The van der Waals surface area contributed by atoms with Crippen LogP contribution >= 0.6 is 0 Å². The van der Waals surface area contributed by atoms with Gasteiger partial charge in [-0.25, -0.2) is 13.2 Å². The van der Waals surface area contributed by atoms with Crippen LogP contribution in [0.15, 0.2) is 12.1 Å². The van der Waals surface area contributed by atoms with Gasteiger partial charge in [0.1, 0.15) is 0 Å². The van der Waals surface area contributed by atoms with Crippen molar-refractivity contribution in [3.05, 3.63) is 29.6 Å². The summed E-state index contributed by atoms with van der Waals surface area (Å²) in [6.07, 6.45) is 2.73. The lowest BCUT2D eigenvalue weighted by Gasteiger charge is -2.18. The Kier molecular flexibility index (Phi) is 3.89. The van der Waals surface area contributed by atoms with Crippen LogP contribution in [-0.2, 0) is 0 Å². The highest BCUT2D eigenvalue weighted by molar-refractivity contribution is 5.46. The summed E-state index contributed by atoms with van der Waals surface area (Å²) in [6, 6.07) is 2.28. The minimum Gasteiger partial charge on any atom is -0.380 e. The van der Waals surface area contributed by atoms with Crippen molar-refractivity contribution in [3.63, 3.8) is 0 Å². The molecule has 0 aromatic heterocycles. The third kappa shape index (κ3) is 2.91. The van der Waals surface area contributed by atoms with E-state index in [0.717, 1.165) is 38.4 Å². The molecule has 1 aliphatic rings. The molecular formula is C12H15F3N2. The van der Waals surface area contributed by atoms with Crippen LogP contribution in [0.4, 0.5) is 18.9 Å². The van der Waals surface area contributed by atoms with Gasteiger partial charge in [-0.05, 0) is 44.5 Å². The maximum Gasteiger partial charge on any atom is 0.196 e. The Morgan fingerprint density at radius 1 is 1.06 bits per heavy atom. The van der Waals surface area contributed by atoms with Gasteiger partial charge in [0.2, 0.25) is 0 Å². The zero-order valence-corrected chi connectivity index (χ0v) is 9.40. The van der Waals surface area contributed by atoms with Gasteiger partial charge >= 0.3 is 0 Å². The summed E-state index contributed by atoms with van der Waals surface area (Å²) in [5, 5.41) is 6.17. The molecule has 17 heavy (non-hydrogen) atoms. The van der Waals surface area contributed by atoms with Crippen LogP contribution in [0.25, 0.3) is 0 Å². The number of nitrogens with one attached hydrogen (secondary N) is 2. The van der Waals surface area contributed by atoms with Gasteiger partial charge < -0.3 is 10.6 Å². The summed E-state index contributed by atoms with van der Waals surface area (Å²) < 4.78 is 39.2. The van der Waals surface area contributed by atoms with E-state index in [1.807, 2.05) is 0 Å². The van der Waals surface area contributed by atoms with Crippen LogP contribution in [0.3, 0.4) is 0 Å². The third-order valence-corrected chi connectivity index (χ3v) is 2.97. The SMILES string of the molecule is Fc1ccc(NC2CCCNCC2)c(F)c1F. The summed E-state index contributed by atoms with van der Waals surface area (Å²) in [5.41, 5.74) is 0.0378. The van der Waals surface area contributed by atoms with Crippen LogP contribution in [0, 0.1) is 17.5 Å². The molecule has 1 aromatic carbocycles. The Morgan fingerprint density at radius 2 is 1.88 bits per heavy atom. The van der Waals surface area contributed by atoms with Crippen molar-refractivity contribution in [2.75, 3.05) is 18.4 Å². The van der Waals surface area contributed by atoms with E-state index in [0.29, 0.717) is 0 Å². The first-order chi connectivity index (χ1) is 8.18. The van der Waals surface area contributed by atoms with Gasteiger partial charge in [0.05, 0.1) is 5.69 Å². The molecule has 2 rings (SSSR count). The minimum absolute atomic E-state index is 0.0378. The molecule has 0 amide bonds. The average Bonchev–Trinajstić information content (AvgIpc) is 2.59. The van der Waals surface area contributed by atoms with Gasteiger partial charge in [-0.1, -0.05) is 0 Å². The molecule has 94 valence electrons. The van der Waals surface area contributed by atoms with E-state index in [4.69, 9.17) is 0 Å². The molecule has 0 aliphatic carbocycles. The molecule has 1 heterocycles. The summed E-state index contributed by atoms with van der Waals surface area (Å²) in [6.45, 7) is 1.79. The zero-order chi connectivity index (χ0) is 12.3. The van der Waals surface area contributed by atoms with Crippen LogP contribution in [0.2, 0.25) is 0 Å². The Labute approximate surface area is 98.2 Å². The van der Waals surface area contributed by atoms with Crippen molar-refractivity contribution >= 4 is 5.69 Å². The summed E-state index contributed by atoms with van der Waals surface area (Å²) >= 11 is 0. The lowest BCUT2D eigenvalue weighted by Crippen LogP contribution is -2.22. The van der Waals surface area contributed by atoms with Crippen molar-refractivity contribution in [2.24, 2.45) is 0 Å². The van der Waals surface area contributed by atoms with E-state index in [1.54, 1.807) is 0 Å². The topological polar surface area (TPSA) is 24.1 Å². The average molecular weight is 244 g/mol. The van der Waals surface area contributed by atoms with Crippen molar-refractivity contribution < 1.29 is 13.2 Å². The molecule has 2 nitrogen and oxygen atoms in total. The fourth-order valence-electron chi connectivity index (χ4n) is 2.02. The van der Waals surface area contributed by atoms with Crippen LogP contribution in [0.5, 0.6) is 0 Å². The Balaban J connectivity index is 2.09. The highest BCUT2D eigenvalue weighted by atomic mass is 19.2. The standard InChI is InChI=1S/C12H15F3N2/c13-9-3-4-10(12(15)11(9)14)17-8-2-1-6-16-7-5-8/h3-4,8,16-17H,1-2,5-7H2. The molecule has 0 radical (unpaired) electrons. The van der Waals surface area contributed by atoms with E-state index in [2.05, 4.69) is 10.6 Å². The predicted molar refractivity (Wildman–Crippen MR) is 60.4 cm³/mol. The smallest absolute Gasteiger partial charge is 0.196 e. The second-order valence-corrected chi connectivity index (χ2v) is 4.25. The van der Waals surface area contributed by atoms with Gasteiger partial charge in [0.15, 0.2) is 17.5 Å². The minimum atomic E-state index is -1.42. The number of halogens is 3. The highest BCUT2D eigenvalue weighted by Crippen LogP contribution is 2.22. The molecule has 5 heteroatoms. The predicted octanol–water partition coefficient (Wildman–Crippen LogP) is 2.66. The van der Waals surface area contributed by atoms with E-state index < -0.39 is 17.5 Å². The number of anilines is 1. The molecule has 0 bridgehead atoms. The van der Waals surface area contributed by atoms with E-state index >= 15 is 0 Å². The van der Waals surface area contributed by atoms with Crippen molar-refractivity contribution in [3.8, 4) is 0 Å². The maximum absolute atomic E-state index is 13.4. The molecule has 0 spiro atoms. The molecule has 1 saturated heterocycles. The molecule has 0 saturated carbocycles. The first kappa shape index (κ1) is 12.2. The Bertz CT molecular complexity index is 388. The van der Waals surface area contributed by atoms with Crippen LogP contribution in [0.1, 0.15) is 19.3 Å². The summed E-state index contributed by atoms with van der Waals surface area (Å²) in [4.78, 5) is 0. The summed E-state index contributed by atoms with van der Waals surface area (Å²) in [5.74, 6) is -3.71. The molecular weight excluding hydrogens is 229 g/mol. The van der Waals surface area contributed by atoms with Crippen LogP contribution in [-0.4, -0.2) is 19.1 Å². The summed E-state index contributed by atoms with van der Waals surface area (Å²) in [7, 11) is 0.